The fourth-order valence-electron chi connectivity index (χ4n) is 2.47. The number of hydrogen-bond donors (Lipinski definition) is 2. The predicted molar refractivity (Wildman–Crippen MR) is 72.6 cm³/mol. The second-order valence-corrected chi connectivity index (χ2v) is 5.07. The van der Waals surface area contributed by atoms with Crippen molar-refractivity contribution in [3.05, 3.63) is 33.9 Å². The van der Waals surface area contributed by atoms with E-state index in [9.17, 15) is 24.8 Å². The number of rotatable bonds is 4. The van der Waals surface area contributed by atoms with Crippen molar-refractivity contribution in [2.75, 3.05) is 13.1 Å². The first-order valence-corrected chi connectivity index (χ1v) is 6.43. The summed E-state index contributed by atoms with van der Waals surface area (Å²) in [6.45, 7) is 0.839. The van der Waals surface area contributed by atoms with Crippen LogP contribution in [-0.2, 0) is 4.79 Å². The number of nitrogens with zero attached hydrogens (tertiary/aromatic N) is 2. The van der Waals surface area contributed by atoms with Gasteiger partial charge in [0.15, 0.2) is 0 Å². The van der Waals surface area contributed by atoms with E-state index in [1.807, 2.05) is 0 Å². The maximum Gasteiger partial charge on any atom is 0.273 e. The molecule has 1 aliphatic rings. The maximum absolute atomic E-state index is 12.3. The molecule has 3 N–H and O–H groups in total. The normalized spacial score (nSPS) is 17.7. The van der Waals surface area contributed by atoms with Gasteiger partial charge in [0.1, 0.15) is 5.75 Å². The van der Waals surface area contributed by atoms with Crippen LogP contribution in [0.3, 0.4) is 0 Å². The van der Waals surface area contributed by atoms with Gasteiger partial charge in [-0.05, 0) is 18.4 Å². The number of carbonyl (C=O) groups excluding carboxylic acids is 2. The lowest BCUT2D eigenvalue weighted by molar-refractivity contribution is -0.385. The number of phenolic OH excluding ortho intramolecular Hbond substituents is 1. The van der Waals surface area contributed by atoms with Crippen LogP contribution in [0.15, 0.2) is 18.2 Å². The minimum Gasteiger partial charge on any atom is -0.508 e. The summed E-state index contributed by atoms with van der Waals surface area (Å²) in [5.41, 5.74) is 4.84. The Morgan fingerprint density at radius 2 is 2.14 bits per heavy atom. The number of phenols is 1. The van der Waals surface area contributed by atoms with Gasteiger partial charge in [0.25, 0.3) is 11.6 Å². The number of carbonyl (C=O) groups is 2. The predicted octanol–water partition coefficient (Wildman–Crippen LogP) is 0.638. The summed E-state index contributed by atoms with van der Waals surface area (Å²) in [7, 11) is 0. The summed E-state index contributed by atoms with van der Waals surface area (Å²) in [4.78, 5) is 34.7. The Morgan fingerprint density at radius 1 is 1.43 bits per heavy atom. The molecule has 2 rings (SSSR count). The Hall–Kier alpha value is -2.64. The van der Waals surface area contributed by atoms with Crippen molar-refractivity contribution in [3.8, 4) is 5.75 Å². The van der Waals surface area contributed by atoms with Gasteiger partial charge >= 0.3 is 0 Å². The summed E-state index contributed by atoms with van der Waals surface area (Å²) < 4.78 is 0. The average molecular weight is 293 g/mol. The third-order valence-electron chi connectivity index (χ3n) is 3.42. The first-order valence-electron chi connectivity index (χ1n) is 6.43. The van der Waals surface area contributed by atoms with Crippen LogP contribution in [0.25, 0.3) is 0 Å². The average Bonchev–Trinajstić information content (AvgIpc) is 2.84. The monoisotopic (exact) mass is 293 g/mol. The molecular weight excluding hydrogens is 278 g/mol. The summed E-state index contributed by atoms with van der Waals surface area (Å²) >= 11 is 0. The van der Waals surface area contributed by atoms with Gasteiger partial charge in [-0.2, -0.15) is 0 Å². The molecule has 8 nitrogen and oxygen atoms in total. The van der Waals surface area contributed by atoms with Gasteiger partial charge in [-0.1, -0.05) is 0 Å². The number of nitro benzene ring substituents is 1. The molecule has 0 saturated carbocycles. The van der Waals surface area contributed by atoms with Crippen LogP contribution in [0.2, 0.25) is 0 Å². The minimum atomic E-state index is -0.670. The highest BCUT2D eigenvalue weighted by molar-refractivity contribution is 5.95. The van der Waals surface area contributed by atoms with Crippen molar-refractivity contribution in [2.24, 2.45) is 11.7 Å². The van der Waals surface area contributed by atoms with Crippen molar-refractivity contribution in [1.82, 2.24) is 4.90 Å². The van der Waals surface area contributed by atoms with Gasteiger partial charge in [0.2, 0.25) is 5.91 Å². The van der Waals surface area contributed by atoms with E-state index < -0.39 is 16.7 Å². The highest BCUT2D eigenvalue weighted by Gasteiger charge is 2.28. The van der Waals surface area contributed by atoms with Crippen LogP contribution in [0.5, 0.6) is 5.75 Å². The first-order chi connectivity index (χ1) is 9.86. The summed E-state index contributed by atoms with van der Waals surface area (Å²) in [6, 6.07) is 3.30. The summed E-state index contributed by atoms with van der Waals surface area (Å²) in [5.74, 6) is -1.14. The molecule has 1 aromatic rings. The van der Waals surface area contributed by atoms with Crippen LogP contribution >= 0.6 is 0 Å². The molecule has 1 unspecified atom stereocenters. The van der Waals surface area contributed by atoms with E-state index in [-0.39, 0.29) is 29.3 Å². The SMILES string of the molecule is NC(=O)CC1CCN(C(=O)c2cc(O)cc([N+](=O)[O-])c2)C1. The van der Waals surface area contributed by atoms with E-state index in [1.54, 1.807) is 0 Å². The molecule has 1 aliphatic heterocycles. The minimum absolute atomic E-state index is 0.0127. The molecule has 0 aromatic heterocycles. The lowest BCUT2D eigenvalue weighted by atomic mass is 10.1. The van der Waals surface area contributed by atoms with Crippen LogP contribution in [0.4, 0.5) is 5.69 Å². The number of hydrogen-bond acceptors (Lipinski definition) is 5. The summed E-state index contributed by atoms with van der Waals surface area (Å²) in [6.07, 6.45) is 0.875. The van der Waals surface area contributed by atoms with Crippen molar-refractivity contribution < 1.29 is 19.6 Å². The van der Waals surface area contributed by atoms with Crippen molar-refractivity contribution in [2.45, 2.75) is 12.8 Å². The zero-order chi connectivity index (χ0) is 15.6. The second kappa shape index (κ2) is 5.78. The van der Waals surface area contributed by atoms with E-state index in [4.69, 9.17) is 5.73 Å². The fourth-order valence-corrected chi connectivity index (χ4v) is 2.47. The number of non-ortho nitro benzene ring substituents is 1. The molecule has 1 saturated heterocycles. The third-order valence-corrected chi connectivity index (χ3v) is 3.42. The smallest absolute Gasteiger partial charge is 0.273 e. The molecule has 1 fully saturated rings. The Morgan fingerprint density at radius 3 is 2.76 bits per heavy atom. The maximum atomic E-state index is 12.3. The molecule has 0 aliphatic carbocycles. The van der Waals surface area contributed by atoms with Crippen LogP contribution in [0, 0.1) is 16.0 Å². The standard InChI is InChI=1S/C13H15N3O5/c14-12(18)3-8-1-2-15(7-8)13(19)9-4-10(16(20)21)6-11(17)5-9/h4-6,8,17H,1-3,7H2,(H2,14,18). The topological polar surface area (TPSA) is 127 Å². The van der Waals surface area contributed by atoms with E-state index in [1.165, 1.54) is 11.0 Å². The number of nitro groups is 1. The molecule has 8 heteroatoms. The Balaban J connectivity index is 2.14. The Labute approximate surface area is 120 Å². The molecular formula is C13H15N3O5. The molecule has 1 atom stereocenters. The van der Waals surface area contributed by atoms with E-state index in [2.05, 4.69) is 0 Å². The van der Waals surface area contributed by atoms with Crippen LogP contribution in [-0.4, -0.2) is 39.8 Å². The van der Waals surface area contributed by atoms with E-state index in [0.717, 1.165) is 12.1 Å². The van der Waals surface area contributed by atoms with Crippen LogP contribution in [0.1, 0.15) is 23.2 Å². The van der Waals surface area contributed by atoms with E-state index >= 15 is 0 Å². The van der Waals surface area contributed by atoms with Gasteiger partial charge in [0, 0.05) is 25.6 Å². The number of amides is 2. The molecule has 0 radical (unpaired) electrons. The zero-order valence-corrected chi connectivity index (χ0v) is 11.2. The van der Waals surface area contributed by atoms with Gasteiger partial charge in [-0.15, -0.1) is 0 Å². The van der Waals surface area contributed by atoms with Crippen molar-refractivity contribution >= 4 is 17.5 Å². The molecule has 2 amide bonds. The number of aromatic hydroxyl groups is 1. The Bertz CT molecular complexity index is 601. The largest absolute Gasteiger partial charge is 0.508 e. The second-order valence-electron chi connectivity index (χ2n) is 5.07. The Kier molecular flexibility index (Phi) is 4.06. The first kappa shape index (κ1) is 14.8. The highest BCUT2D eigenvalue weighted by atomic mass is 16.6. The molecule has 0 bridgehead atoms. The summed E-state index contributed by atoms with van der Waals surface area (Å²) in [5, 5.41) is 20.2. The van der Waals surface area contributed by atoms with E-state index in [0.29, 0.717) is 19.5 Å². The van der Waals surface area contributed by atoms with Gasteiger partial charge in [0.05, 0.1) is 16.6 Å². The fraction of sp³-hybridized carbons (Fsp3) is 0.385. The van der Waals surface area contributed by atoms with Crippen molar-refractivity contribution in [3.63, 3.8) is 0 Å². The quantitative estimate of drug-likeness (QED) is 0.622. The van der Waals surface area contributed by atoms with Gasteiger partial charge < -0.3 is 15.7 Å². The zero-order valence-electron chi connectivity index (χ0n) is 11.2. The van der Waals surface area contributed by atoms with Gasteiger partial charge in [-0.25, -0.2) is 0 Å². The number of likely N-dealkylation sites (tertiary alicyclic amines) is 1. The number of benzene rings is 1. The molecule has 1 heterocycles. The lowest BCUT2D eigenvalue weighted by Crippen LogP contribution is -2.29. The molecule has 112 valence electrons. The third kappa shape index (κ3) is 3.47. The number of primary amides is 1. The lowest BCUT2D eigenvalue weighted by Gasteiger charge is -2.16. The highest BCUT2D eigenvalue weighted by Crippen LogP contribution is 2.25. The molecule has 1 aromatic carbocycles. The molecule has 21 heavy (non-hydrogen) atoms. The van der Waals surface area contributed by atoms with Gasteiger partial charge in [-0.3, -0.25) is 19.7 Å². The van der Waals surface area contributed by atoms with Crippen molar-refractivity contribution in [1.29, 1.82) is 0 Å². The molecule has 0 spiro atoms. The van der Waals surface area contributed by atoms with Crippen LogP contribution < -0.4 is 5.73 Å². The number of nitrogens with two attached hydrogens (primary N) is 1.